The maximum atomic E-state index is 4.19. The zero-order valence-corrected chi connectivity index (χ0v) is 8.23. The quantitative estimate of drug-likeness (QED) is 0.723. The fourth-order valence-electron chi connectivity index (χ4n) is 1.28. The summed E-state index contributed by atoms with van der Waals surface area (Å²) in [6.07, 6.45) is 1.03. The van der Waals surface area contributed by atoms with E-state index in [1.807, 2.05) is 0 Å². The topological polar surface area (TPSA) is 40.7 Å². The lowest BCUT2D eigenvalue weighted by molar-refractivity contribution is 0.880. The van der Waals surface area contributed by atoms with Crippen LogP contribution in [-0.2, 0) is 6.42 Å². The van der Waals surface area contributed by atoms with Gasteiger partial charge in [0.1, 0.15) is 0 Å². The second-order valence-electron chi connectivity index (χ2n) is 3.33. The molecule has 0 aliphatic carbocycles. The van der Waals surface area contributed by atoms with Crippen molar-refractivity contribution < 1.29 is 0 Å². The third-order valence-electron chi connectivity index (χ3n) is 1.85. The molecule has 0 saturated heterocycles. The molecule has 1 aromatic heterocycles. The zero-order chi connectivity index (χ0) is 9.14. The number of anilines is 1. The van der Waals surface area contributed by atoms with Gasteiger partial charge in [-0.2, -0.15) is 5.10 Å². The molecule has 1 aromatic rings. The molecule has 0 aliphatic heterocycles. The van der Waals surface area contributed by atoms with Crippen LogP contribution in [0.15, 0.2) is 0 Å². The molecule has 0 unspecified atom stereocenters. The molecule has 0 fully saturated rings. The third-order valence-corrected chi connectivity index (χ3v) is 1.85. The van der Waals surface area contributed by atoms with E-state index in [-0.39, 0.29) is 0 Å². The van der Waals surface area contributed by atoms with E-state index in [0.717, 1.165) is 12.2 Å². The van der Waals surface area contributed by atoms with Crippen LogP contribution < -0.4 is 5.32 Å². The summed E-state index contributed by atoms with van der Waals surface area (Å²) in [7, 11) is 0. The number of hydrogen-bond acceptors (Lipinski definition) is 2. The van der Waals surface area contributed by atoms with E-state index in [2.05, 4.69) is 43.2 Å². The van der Waals surface area contributed by atoms with Gasteiger partial charge in [-0.05, 0) is 27.2 Å². The fraction of sp³-hybridized carbons (Fsp3) is 0.667. The maximum absolute atomic E-state index is 4.19. The van der Waals surface area contributed by atoms with Gasteiger partial charge in [0.2, 0.25) is 0 Å². The molecule has 1 rings (SSSR count). The van der Waals surface area contributed by atoms with Gasteiger partial charge in [0.05, 0.1) is 0 Å². The normalized spacial score (nSPS) is 10.8. The molecule has 0 aromatic carbocycles. The molecule has 12 heavy (non-hydrogen) atoms. The van der Waals surface area contributed by atoms with Crippen molar-refractivity contribution in [3.05, 3.63) is 11.3 Å². The molecule has 0 aliphatic rings. The third kappa shape index (κ3) is 1.78. The average Bonchev–Trinajstić information content (AvgIpc) is 2.30. The van der Waals surface area contributed by atoms with Gasteiger partial charge in [0, 0.05) is 17.3 Å². The van der Waals surface area contributed by atoms with E-state index in [4.69, 9.17) is 0 Å². The summed E-state index contributed by atoms with van der Waals surface area (Å²) in [5.41, 5.74) is 2.46. The summed E-state index contributed by atoms with van der Waals surface area (Å²) < 4.78 is 0. The number of aryl methyl sites for hydroxylation is 1. The summed E-state index contributed by atoms with van der Waals surface area (Å²) in [5, 5.41) is 10.5. The molecule has 0 radical (unpaired) electrons. The Morgan fingerprint density at radius 2 is 2.17 bits per heavy atom. The highest BCUT2D eigenvalue weighted by Crippen LogP contribution is 2.16. The molecule has 3 nitrogen and oxygen atoms in total. The minimum atomic E-state index is 0.443. The smallest absolute Gasteiger partial charge is 0.151 e. The zero-order valence-electron chi connectivity index (χ0n) is 8.23. The molecular formula is C9H17N3. The predicted octanol–water partition coefficient (Wildman–Crippen LogP) is 2.10. The number of nitrogens with one attached hydrogen (secondary N) is 2. The van der Waals surface area contributed by atoms with Crippen molar-refractivity contribution in [1.29, 1.82) is 0 Å². The standard InChI is InChI=1S/C9H17N3/c1-5-8-7(4)11-12-9(8)10-6(2)3/h6H,5H2,1-4H3,(H2,10,11,12). The molecule has 68 valence electrons. The number of H-pyrrole nitrogens is 1. The number of rotatable bonds is 3. The van der Waals surface area contributed by atoms with Gasteiger partial charge in [-0.15, -0.1) is 0 Å². The van der Waals surface area contributed by atoms with Crippen molar-refractivity contribution in [3.8, 4) is 0 Å². The van der Waals surface area contributed by atoms with Gasteiger partial charge >= 0.3 is 0 Å². The number of hydrogen-bond donors (Lipinski definition) is 2. The second-order valence-corrected chi connectivity index (χ2v) is 3.33. The first-order valence-corrected chi connectivity index (χ1v) is 4.45. The Morgan fingerprint density at radius 1 is 1.50 bits per heavy atom. The van der Waals surface area contributed by atoms with E-state index in [1.165, 1.54) is 11.3 Å². The van der Waals surface area contributed by atoms with Gasteiger partial charge in [0.25, 0.3) is 0 Å². The highest BCUT2D eigenvalue weighted by molar-refractivity contribution is 5.46. The molecule has 0 atom stereocenters. The van der Waals surface area contributed by atoms with Gasteiger partial charge in [-0.25, -0.2) is 0 Å². The van der Waals surface area contributed by atoms with E-state index in [1.54, 1.807) is 0 Å². The Labute approximate surface area is 73.6 Å². The number of aromatic amines is 1. The van der Waals surface area contributed by atoms with Crippen LogP contribution in [0.4, 0.5) is 5.82 Å². The highest BCUT2D eigenvalue weighted by Gasteiger charge is 2.07. The van der Waals surface area contributed by atoms with Crippen LogP contribution in [0.2, 0.25) is 0 Å². The van der Waals surface area contributed by atoms with Crippen molar-refractivity contribution in [2.24, 2.45) is 0 Å². The molecule has 3 heteroatoms. The minimum absolute atomic E-state index is 0.443. The van der Waals surface area contributed by atoms with Gasteiger partial charge in [0.15, 0.2) is 5.82 Å². The van der Waals surface area contributed by atoms with Crippen LogP contribution in [0, 0.1) is 6.92 Å². The van der Waals surface area contributed by atoms with Gasteiger partial charge in [-0.1, -0.05) is 6.92 Å². The summed E-state index contributed by atoms with van der Waals surface area (Å²) in [5.74, 6) is 1.00. The number of aromatic nitrogens is 2. The van der Waals surface area contributed by atoms with Crippen molar-refractivity contribution >= 4 is 5.82 Å². The second kappa shape index (κ2) is 3.61. The first-order valence-electron chi connectivity index (χ1n) is 4.45. The summed E-state index contributed by atoms with van der Waals surface area (Å²) in [6, 6.07) is 0.443. The SMILES string of the molecule is CCc1c(NC(C)C)n[nH]c1C. The minimum Gasteiger partial charge on any atom is -0.366 e. The fourth-order valence-corrected chi connectivity index (χ4v) is 1.28. The molecular weight excluding hydrogens is 150 g/mol. The largest absolute Gasteiger partial charge is 0.366 e. The summed E-state index contributed by atoms with van der Waals surface area (Å²) in [6.45, 7) is 8.42. The molecule has 1 heterocycles. The van der Waals surface area contributed by atoms with Crippen molar-refractivity contribution in [2.75, 3.05) is 5.32 Å². The van der Waals surface area contributed by atoms with Crippen LogP contribution in [0.1, 0.15) is 32.0 Å². The first-order chi connectivity index (χ1) is 5.65. The lowest BCUT2D eigenvalue weighted by atomic mass is 10.2. The van der Waals surface area contributed by atoms with Crippen LogP contribution >= 0.6 is 0 Å². The van der Waals surface area contributed by atoms with Crippen LogP contribution in [0.25, 0.3) is 0 Å². The van der Waals surface area contributed by atoms with E-state index in [0.29, 0.717) is 6.04 Å². The van der Waals surface area contributed by atoms with Crippen molar-refractivity contribution in [2.45, 2.75) is 40.2 Å². The lowest BCUT2D eigenvalue weighted by Crippen LogP contribution is -2.11. The Kier molecular flexibility index (Phi) is 2.74. The molecule has 0 bridgehead atoms. The molecule has 0 spiro atoms. The Morgan fingerprint density at radius 3 is 2.67 bits per heavy atom. The molecule has 2 N–H and O–H groups in total. The van der Waals surface area contributed by atoms with Crippen LogP contribution in [0.5, 0.6) is 0 Å². The average molecular weight is 167 g/mol. The predicted molar refractivity (Wildman–Crippen MR) is 51.5 cm³/mol. The Bertz CT molecular complexity index is 250. The Balaban J connectivity index is 2.84. The maximum Gasteiger partial charge on any atom is 0.151 e. The van der Waals surface area contributed by atoms with Crippen molar-refractivity contribution in [3.63, 3.8) is 0 Å². The lowest BCUT2D eigenvalue weighted by Gasteiger charge is -2.07. The summed E-state index contributed by atoms with van der Waals surface area (Å²) in [4.78, 5) is 0. The van der Waals surface area contributed by atoms with Crippen LogP contribution in [-0.4, -0.2) is 16.2 Å². The monoisotopic (exact) mass is 167 g/mol. The highest BCUT2D eigenvalue weighted by atomic mass is 15.2. The molecule has 0 amide bonds. The number of nitrogens with zero attached hydrogens (tertiary/aromatic N) is 1. The van der Waals surface area contributed by atoms with Gasteiger partial charge in [-0.3, -0.25) is 5.10 Å². The van der Waals surface area contributed by atoms with E-state index < -0.39 is 0 Å². The summed E-state index contributed by atoms with van der Waals surface area (Å²) >= 11 is 0. The molecule has 0 saturated carbocycles. The Hall–Kier alpha value is -0.990. The van der Waals surface area contributed by atoms with Crippen LogP contribution in [0.3, 0.4) is 0 Å². The first kappa shape index (κ1) is 9.10. The van der Waals surface area contributed by atoms with Gasteiger partial charge < -0.3 is 5.32 Å². The van der Waals surface area contributed by atoms with Crippen molar-refractivity contribution in [1.82, 2.24) is 10.2 Å². The van der Waals surface area contributed by atoms with E-state index >= 15 is 0 Å². The van der Waals surface area contributed by atoms with E-state index in [9.17, 15) is 0 Å².